The zero-order chi connectivity index (χ0) is 35.5. The van der Waals surface area contributed by atoms with Gasteiger partial charge in [-0.1, -0.05) is 36.0 Å². The van der Waals surface area contributed by atoms with Crippen molar-refractivity contribution in [2.75, 3.05) is 24.2 Å². The van der Waals surface area contributed by atoms with Crippen molar-refractivity contribution in [1.82, 2.24) is 10.0 Å². The predicted molar refractivity (Wildman–Crippen MR) is 177 cm³/mol. The summed E-state index contributed by atoms with van der Waals surface area (Å²) in [7, 11) is 1.35. The van der Waals surface area contributed by atoms with Gasteiger partial charge in [0.15, 0.2) is 16.2 Å². The van der Waals surface area contributed by atoms with Crippen molar-refractivity contribution < 1.29 is 36.3 Å². The average molecular weight is 697 g/mol. The van der Waals surface area contributed by atoms with Crippen molar-refractivity contribution >= 4 is 46.1 Å². The zero-order valence-electron chi connectivity index (χ0n) is 26.5. The number of carbonyl (C=O) groups is 2. The van der Waals surface area contributed by atoms with Crippen LogP contribution in [0.1, 0.15) is 25.0 Å². The van der Waals surface area contributed by atoms with Crippen molar-refractivity contribution in [2.24, 2.45) is 9.98 Å². The van der Waals surface area contributed by atoms with E-state index in [2.05, 4.69) is 20.8 Å². The van der Waals surface area contributed by atoms with E-state index in [1.165, 1.54) is 39.2 Å². The highest BCUT2D eigenvalue weighted by molar-refractivity contribution is 8.13. The smallest absolute Gasteiger partial charge is 0.315 e. The first kappa shape index (κ1) is 34.9. The highest BCUT2D eigenvalue weighted by atomic mass is 32.2. The van der Waals surface area contributed by atoms with E-state index in [1.54, 1.807) is 36.6 Å². The van der Waals surface area contributed by atoms with E-state index in [1.807, 2.05) is 6.07 Å². The Hall–Kier alpha value is -5.44. The van der Waals surface area contributed by atoms with Crippen LogP contribution >= 0.6 is 11.8 Å². The second-order valence-electron chi connectivity index (χ2n) is 11.0. The van der Waals surface area contributed by atoms with Crippen LogP contribution in [-0.2, 0) is 25.4 Å². The van der Waals surface area contributed by atoms with Crippen LogP contribution in [0.15, 0.2) is 101 Å². The number of hydrogen-bond acceptors (Lipinski definition) is 8. The maximum Gasteiger partial charge on any atom is 0.315 e. The Bertz CT molecular complexity index is 1970. The van der Waals surface area contributed by atoms with Crippen LogP contribution < -0.4 is 10.9 Å². The van der Waals surface area contributed by atoms with Gasteiger partial charge in [-0.05, 0) is 86.8 Å². The molecule has 15 heteroatoms. The Morgan fingerprint density at radius 2 is 1.16 bits per heavy atom. The van der Waals surface area contributed by atoms with E-state index in [-0.39, 0.29) is 22.3 Å². The average Bonchev–Trinajstić information content (AvgIpc) is 3.48. The number of methoxy groups -OCH3 is 1. The summed E-state index contributed by atoms with van der Waals surface area (Å²) in [5, 5.41) is 2.46. The SMILES string of the molecule is COC1=NC(C)(c2cc(F)ccc2F)C(=O)N1Nc1ccccc1.CSC1=NC(C)(c2cc(F)ccc2F)C(=O)N1Nc1cccc(F)c1. The van der Waals surface area contributed by atoms with E-state index in [4.69, 9.17) is 4.74 Å². The molecule has 9 nitrogen and oxygen atoms in total. The number of ether oxygens (including phenoxy) is 1. The van der Waals surface area contributed by atoms with Gasteiger partial charge >= 0.3 is 6.02 Å². The number of hydrogen-bond donors (Lipinski definition) is 2. The van der Waals surface area contributed by atoms with E-state index < -0.39 is 52.0 Å². The molecule has 2 heterocycles. The molecule has 4 aromatic rings. The van der Waals surface area contributed by atoms with Crippen LogP contribution in [0.3, 0.4) is 0 Å². The Kier molecular flexibility index (Phi) is 9.94. The van der Waals surface area contributed by atoms with Gasteiger partial charge in [-0.25, -0.2) is 31.9 Å². The maximum absolute atomic E-state index is 14.2. The maximum atomic E-state index is 14.2. The standard InChI is InChI=1S/C17H14F3N3OS.C17H15F2N3O2/c1-17(13-9-11(19)6-7-14(13)20)15(24)23(16(21-17)25-2)22-12-5-3-4-10(18)8-12;1-17(13-10-11(18)8-9-14(13)19)15(23)22(16(20-17)24-2)21-12-6-4-3-5-7-12/h3-9,22H,1-2H3;3-10,21H,1-2H3. The molecule has 254 valence electrons. The Balaban J connectivity index is 0.000000191. The molecule has 2 aliphatic rings. The lowest BCUT2D eigenvalue weighted by Crippen LogP contribution is -2.43. The number of hydrazine groups is 2. The lowest BCUT2D eigenvalue weighted by atomic mass is 9.92. The van der Waals surface area contributed by atoms with Gasteiger partial charge in [0.1, 0.15) is 29.1 Å². The summed E-state index contributed by atoms with van der Waals surface area (Å²) in [6.45, 7) is 2.83. The predicted octanol–water partition coefficient (Wildman–Crippen LogP) is 6.96. The minimum atomic E-state index is -1.63. The van der Waals surface area contributed by atoms with Crippen molar-refractivity contribution in [3.05, 3.63) is 131 Å². The van der Waals surface area contributed by atoms with Crippen LogP contribution in [-0.4, -0.2) is 46.4 Å². The number of rotatable bonds is 6. The molecule has 2 amide bonds. The first-order valence-electron chi connectivity index (χ1n) is 14.5. The van der Waals surface area contributed by atoms with Crippen LogP contribution in [0.5, 0.6) is 0 Å². The van der Waals surface area contributed by atoms with Crippen LogP contribution in [0.2, 0.25) is 0 Å². The molecule has 49 heavy (non-hydrogen) atoms. The highest BCUT2D eigenvalue weighted by Gasteiger charge is 2.50. The summed E-state index contributed by atoms with van der Waals surface area (Å²) in [6.07, 6.45) is 1.69. The molecule has 0 aromatic heterocycles. The fraction of sp³-hybridized carbons (Fsp3) is 0.176. The van der Waals surface area contributed by atoms with Gasteiger partial charge in [-0.15, -0.1) is 0 Å². The first-order valence-corrected chi connectivity index (χ1v) is 15.7. The fourth-order valence-corrected chi connectivity index (χ4v) is 5.66. The molecule has 0 saturated heterocycles. The number of carbonyl (C=O) groups excluding carboxylic acids is 2. The number of thioether (sulfide) groups is 1. The number of nitrogens with zero attached hydrogens (tertiary/aromatic N) is 4. The number of nitrogens with one attached hydrogen (secondary N) is 2. The van der Waals surface area contributed by atoms with Gasteiger partial charge in [-0.2, -0.15) is 10.0 Å². The van der Waals surface area contributed by atoms with Crippen molar-refractivity contribution in [2.45, 2.75) is 24.9 Å². The molecule has 0 aliphatic carbocycles. The van der Waals surface area contributed by atoms with E-state index in [0.717, 1.165) is 58.2 Å². The highest BCUT2D eigenvalue weighted by Crippen LogP contribution is 2.38. The lowest BCUT2D eigenvalue weighted by molar-refractivity contribution is -0.131. The summed E-state index contributed by atoms with van der Waals surface area (Å²) < 4.78 is 73.9. The van der Waals surface area contributed by atoms with Gasteiger partial charge in [-0.3, -0.25) is 20.4 Å². The summed E-state index contributed by atoms with van der Waals surface area (Å²) >= 11 is 1.16. The van der Waals surface area contributed by atoms with Gasteiger partial charge in [0.05, 0.1) is 18.5 Å². The number of amides is 2. The summed E-state index contributed by atoms with van der Waals surface area (Å²) in [5.74, 6) is -4.40. The van der Waals surface area contributed by atoms with Crippen molar-refractivity contribution in [3.8, 4) is 0 Å². The van der Waals surface area contributed by atoms with Gasteiger partial charge in [0, 0.05) is 11.1 Å². The van der Waals surface area contributed by atoms with E-state index in [9.17, 15) is 31.5 Å². The number of halogens is 5. The molecule has 2 atom stereocenters. The quantitative estimate of drug-likeness (QED) is 0.212. The number of para-hydroxylation sites is 1. The first-order chi connectivity index (χ1) is 23.3. The van der Waals surface area contributed by atoms with Gasteiger partial charge in [0.25, 0.3) is 11.8 Å². The second kappa shape index (κ2) is 14.0. The third-order valence-electron chi connectivity index (χ3n) is 7.61. The molecule has 2 unspecified atom stereocenters. The lowest BCUT2D eigenvalue weighted by Gasteiger charge is -2.24. The summed E-state index contributed by atoms with van der Waals surface area (Å²) in [4.78, 5) is 34.2. The molecule has 2 aliphatic heterocycles. The molecular formula is C34H29F5N6O3S. The zero-order valence-corrected chi connectivity index (χ0v) is 27.3. The molecule has 0 bridgehead atoms. The molecule has 6 rings (SSSR count). The van der Waals surface area contributed by atoms with Crippen molar-refractivity contribution in [1.29, 1.82) is 0 Å². The summed E-state index contributed by atoms with van der Waals surface area (Å²) in [5.41, 5.74) is 3.03. The van der Waals surface area contributed by atoms with Crippen LogP contribution in [0.4, 0.5) is 33.3 Å². The minimum absolute atomic E-state index is 0.0324. The second-order valence-corrected chi connectivity index (χ2v) is 11.7. The van der Waals surface area contributed by atoms with Crippen LogP contribution in [0, 0.1) is 29.1 Å². The largest absolute Gasteiger partial charge is 0.467 e. The molecule has 0 radical (unpaired) electrons. The molecule has 0 spiro atoms. The Labute approximate surface area is 282 Å². The van der Waals surface area contributed by atoms with Crippen LogP contribution in [0.25, 0.3) is 0 Å². The molecule has 0 saturated carbocycles. The summed E-state index contributed by atoms with van der Waals surface area (Å²) in [6, 6.07) is 20.2. The molecule has 4 aromatic carbocycles. The molecular weight excluding hydrogens is 667 g/mol. The van der Waals surface area contributed by atoms with Gasteiger partial charge in [0.2, 0.25) is 0 Å². The van der Waals surface area contributed by atoms with Crippen molar-refractivity contribution in [3.63, 3.8) is 0 Å². The number of amidine groups is 2. The third kappa shape index (κ3) is 6.92. The number of anilines is 2. The molecule has 2 N–H and O–H groups in total. The monoisotopic (exact) mass is 696 g/mol. The minimum Gasteiger partial charge on any atom is -0.467 e. The fourth-order valence-electron chi connectivity index (χ4n) is 5.08. The Morgan fingerprint density at radius 3 is 1.71 bits per heavy atom. The third-order valence-corrected chi connectivity index (χ3v) is 8.25. The topological polar surface area (TPSA) is 98.6 Å². The van der Waals surface area contributed by atoms with E-state index >= 15 is 0 Å². The Morgan fingerprint density at radius 1 is 0.653 bits per heavy atom. The van der Waals surface area contributed by atoms with Gasteiger partial charge < -0.3 is 4.74 Å². The van der Waals surface area contributed by atoms with E-state index in [0.29, 0.717) is 11.4 Å². The normalized spacial score (nSPS) is 20.0. The molecule has 0 fully saturated rings. The number of benzene rings is 4. The number of aliphatic imine (C=N–C) groups is 2.